The molecule has 0 fully saturated rings. The van der Waals surface area contributed by atoms with Crippen LogP contribution in [0.15, 0.2) is 81.8 Å². The third kappa shape index (κ3) is 4.95. The molecule has 0 aliphatic rings. The topological polar surface area (TPSA) is 111 Å². The van der Waals surface area contributed by atoms with Crippen LogP contribution in [0.3, 0.4) is 0 Å². The first-order valence-electron chi connectivity index (χ1n) is 11.8. The van der Waals surface area contributed by atoms with Gasteiger partial charge in [-0.25, -0.2) is 4.79 Å². The summed E-state index contributed by atoms with van der Waals surface area (Å²) in [5.74, 6) is -1.33. The van der Waals surface area contributed by atoms with E-state index in [1.807, 2.05) is 25.1 Å². The molecule has 2 heterocycles. The lowest BCUT2D eigenvalue weighted by Gasteiger charge is -2.08. The number of fused-ring (bicyclic) bond motifs is 2. The van der Waals surface area contributed by atoms with Gasteiger partial charge in [-0.05, 0) is 62.4 Å². The van der Waals surface area contributed by atoms with Gasteiger partial charge in [-0.1, -0.05) is 23.8 Å². The number of hydrogen-bond acceptors (Lipinski definition) is 6. The number of rotatable bonds is 7. The number of carbonyl (C=O) groups excluding carboxylic acids is 3. The molecule has 5 aromatic rings. The summed E-state index contributed by atoms with van der Waals surface area (Å²) in [5.41, 5.74) is 4.09. The van der Waals surface area contributed by atoms with Crippen LogP contribution in [-0.2, 0) is 16.0 Å². The maximum absolute atomic E-state index is 13.2. The summed E-state index contributed by atoms with van der Waals surface area (Å²) in [7, 11) is 0. The lowest BCUT2D eigenvalue weighted by Crippen LogP contribution is -2.18. The first-order valence-corrected chi connectivity index (χ1v) is 11.8. The van der Waals surface area contributed by atoms with E-state index in [0.717, 1.165) is 16.5 Å². The Morgan fingerprint density at radius 1 is 0.892 bits per heavy atom. The number of esters is 1. The SMILES string of the molecule is CCOC(=O)c1ccc(NC(=O)c2oc3ccccc3c2NC(=O)Cc2coc3ccc(C)cc23)cc1. The van der Waals surface area contributed by atoms with Crippen molar-refractivity contribution in [3.8, 4) is 0 Å². The fraction of sp³-hybridized carbons (Fsp3) is 0.138. The number of aryl methyl sites for hydroxylation is 1. The van der Waals surface area contributed by atoms with Gasteiger partial charge in [0.15, 0.2) is 0 Å². The molecule has 8 nitrogen and oxygen atoms in total. The van der Waals surface area contributed by atoms with Crippen LogP contribution in [0.25, 0.3) is 21.9 Å². The number of furan rings is 2. The first-order chi connectivity index (χ1) is 17.9. The molecule has 5 rings (SSSR count). The van der Waals surface area contributed by atoms with Gasteiger partial charge in [0.25, 0.3) is 5.91 Å². The maximum Gasteiger partial charge on any atom is 0.338 e. The molecule has 2 aromatic heterocycles. The lowest BCUT2D eigenvalue weighted by molar-refractivity contribution is -0.115. The van der Waals surface area contributed by atoms with Crippen molar-refractivity contribution in [3.63, 3.8) is 0 Å². The van der Waals surface area contributed by atoms with E-state index in [4.69, 9.17) is 13.6 Å². The van der Waals surface area contributed by atoms with Gasteiger partial charge in [-0.2, -0.15) is 0 Å². The summed E-state index contributed by atoms with van der Waals surface area (Å²) in [4.78, 5) is 38.1. The minimum absolute atomic E-state index is 0.0306. The Balaban J connectivity index is 1.38. The number of ether oxygens (including phenoxy) is 1. The van der Waals surface area contributed by atoms with Crippen LogP contribution >= 0.6 is 0 Å². The zero-order valence-electron chi connectivity index (χ0n) is 20.3. The number of nitrogens with one attached hydrogen (secondary N) is 2. The molecule has 0 saturated heterocycles. The van der Waals surface area contributed by atoms with Crippen molar-refractivity contribution >= 4 is 51.1 Å². The highest BCUT2D eigenvalue weighted by Crippen LogP contribution is 2.32. The second kappa shape index (κ2) is 10.0. The number of benzene rings is 3. The van der Waals surface area contributed by atoms with Crippen LogP contribution in [0.5, 0.6) is 0 Å². The Bertz CT molecular complexity index is 1630. The molecular weight excluding hydrogens is 472 g/mol. The number of carbonyl (C=O) groups is 3. The van der Waals surface area contributed by atoms with Crippen LogP contribution in [0.1, 0.15) is 39.0 Å². The average molecular weight is 497 g/mol. The predicted molar refractivity (Wildman–Crippen MR) is 140 cm³/mol. The van der Waals surface area contributed by atoms with Crippen molar-refractivity contribution in [2.75, 3.05) is 17.2 Å². The van der Waals surface area contributed by atoms with E-state index in [0.29, 0.717) is 27.8 Å². The summed E-state index contributed by atoms with van der Waals surface area (Å²) < 4.78 is 16.4. The molecule has 8 heteroatoms. The molecule has 0 radical (unpaired) electrons. The molecule has 0 spiro atoms. The molecule has 186 valence electrons. The fourth-order valence-corrected chi connectivity index (χ4v) is 4.11. The van der Waals surface area contributed by atoms with Crippen LogP contribution in [0.2, 0.25) is 0 Å². The van der Waals surface area contributed by atoms with Crippen molar-refractivity contribution in [1.82, 2.24) is 0 Å². The molecule has 37 heavy (non-hydrogen) atoms. The minimum atomic E-state index is -0.542. The highest BCUT2D eigenvalue weighted by Gasteiger charge is 2.23. The Kier molecular flexibility index (Phi) is 6.47. The zero-order valence-corrected chi connectivity index (χ0v) is 20.3. The molecule has 2 N–H and O–H groups in total. The highest BCUT2D eigenvalue weighted by molar-refractivity contribution is 6.15. The standard InChI is InChI=1S/C29H24N2O6/c1-3-35-29(34)18-9-11-20(12-10-18)30-28(33)27-26(21-6-4-5-7-24(21)37-27)31-25(32)15-19-16-36-23-13-8-17(2)14-22(19)23/h4-14,16H,3,15H2,1-2H3,(H,30,33)(H,31,32). The predicted octanol–water partition coefficient (Wildman–Crippen LogP) is 6.10. The molecule has 0 atom stereocenters. The summed E-state index contributed by atoms with van der Waals surface area (Å²) in [5, 5.41) is 7.09. The van der Waals surface area contributed by atoms with Crippen molar-refractivity contribution in [2.45, 2.75) is 20.3 Å². The van der Waals surface area contributed by atoms with Crippen LogP contribution in [-0.4, -0.2) is 24.4 Å². The summed E-state index contributed by atoms with van der Waals surface area (Å²) in [6.45, 7) is 3.98. The average Bonchev–Trinajstić information content (AvgIpc) is 3.46. The van der Waals surface area contributed by atoms with E-state index in [9.17, 15) is 14.4 Å². The molecule has 3 aromatic carbocycles. The molecular formula is C29H24N2O6. The van der Waals surface area contributed by atoms with Gasteiger partial charge in [-0.15, -0.1) is 0 Å². The molecule has 0 unspecified atom stereocenters. The summed E-state index contributed by atoms with van der Waals surface area (Å²) >= 11 is 0. The van der Waals surface area contributed by atoms with Gasteiger partial charge in [0.1, 0.15) is 16.9 Å². The highest BCUT2D eigenvalue weighted by atomic mass is 16.5. The zero-order chi connectivity index (χ0) is 25.9. The molecule has 0 saturated carbocycles. The van der Waals surface area contributed by atoms with Gasteiger partial charge < -0.3 is 24.2 Å². The van der Waals surface area contributed by atoms with Crippen LogP contribution in [0, 0.1) is 6.92 Å². The van der Waals surface area contributed by atoms with E-state index in [2.05, 4.69) is 10.6 Å². The smallest absolute Gasteiger partial charge is 0.338 e. The molecule has 2 amide bonds. The van der Waals surface area contributed by atoms with Gasteiger partial charge in [-0.3, -0.25) is 9.59 Å². The third-order valence-corrected chi connectivity index (χ3v) is 5.88. The number of anilines is 2. The lowest BCUT2D eigenvalue weighted by atomic mass is 10.1. The normalized spacial score (nSPS) is 11.0. The second-order valence-corrected chi connectivity index (χ2v) is 8.54. The van der Waals surface area contributed by atoms with Crippen molar-refractivity contribution < 1.29 is 28.0 Å². The van der Waals surface area contributed by atoms with Crippen LogP contribution < -0.4 is 10.6 Å². The monoisotopic (exact) mass is 496 g/mol. The Morgan fingerprint density at radius 3 is 2.46 bits per heavy atom. The maximum atomic E-state index is 13.2. The van der Waals surface area contributed by atoms with E-state index < -0.39 is 11.9 Å². The van der Waals surface area contributed by atoms with Crippen molar-refractivity contribution in [3.05, 3.63) is 95.4 Å². The Hall–Kier alpha value is -4.85. The second-order valence-electron chi connectivity index (χ2n) is 8.54. The van der Waals surface area contributed by atoms with Crippen molar-refractivity contribution in [1.29, 1.82) is 0 Å². The molecule has 0 aliphatic carbocycles. The first kappa shape index (κ1) is 23.9. The fourth-order valence-electron chi connectivity index (χ4n) is 4.11. The number of para-hydroxylation sites is 1. The number of amides is 2. The van der Waals surface area contributed by atoms with Gasteiger partial charge >= 0.3 is 5.97 Å². The van der Waals surface area contributed by atoms with E-state index in [1.54, 1.807) is 61.7 Å². The van der Waals surface area contributed by atoms with E-state index >= 15 is 0 Å². The quantitative estimate of drug-likeness (QED) is 0.264. The summed E-state index contributed by atoms with van der Waals surface area (Å²) in [6, 6.07) is 19.2. The van der Waals surface area contributed by atoms with Gasteiger partial charge in [0, 0.05) is 22.0 Å². The molecule has 0 bridgehead atoms. The Morgan fingerprint density at radius 2 is 1.68 bits per heavy atom. The van der Waals surface area contributed by atoms with E-state index in [1.165, 1.54) is 0 Å². The summed E-state index contributed by atoms with van der Waals surface area (Å²) in [6.07, 6.45) is 1.64. The van der Waals surface area contributed by atoms with Gasteiger partial charge in [0.2, 0.25) is 11.7 Å². The Labute approximate surface area is 212 Å². The number of hydrogen-bond donors (Lipinski definition) is 2. The minimum Gasteiger partial charge on any atom is -0.464 e. The van der Waals surface area contributed by atoms with E-state index in [-0.39, 0.29) is 30.4 Å². The largest absolute Gasteiger partial charge is 0.464 e. The van der Waals surface area contributed by atoms with Crippen LogP contribution in [0.4, 0.5) is 11.4 Å². The third-order valence-electron chi connectivity index (χ3n) is 5.88. The van der Waals surface area contributed by atoms with Crippen molar-refractivity contribution in [2.24, 2.45) is 0 Å². The molecule has 0 aliphatic heterocycles. The van der Waals surface area contributed by atoms with Gasteiger partial charge in [0.05, 0.1) is 24.9 Å².